The summed E-state index contributed by atoms with van der Waals surface area (Å²) >= 11 is 0. The fourth-order valence-electron chi connectivity index (χ4n) is 4.34. The van der Waals surface area contributed by atoms with Crippen molar-refractivity contribution in [1.29, 1.82) is 0 Å². The van der Waals surface area contributed by atoms with Crippen LogP contribution in [0.3, 0.4) is 0 Å². The lowest BCUT2D eigenvalue weighted by Gasteiger charge is -2.24. The molecule has 218 valence electrons. The third-order valence-corrected chi connectivity index (χ3v) is 7.57. The summed E-state index contributed by atoms with van der Waals surface area (Å²) in [5, 5.41) is 18.9. The second kappa shape index (κ2) is 10.8. The van der Waals surface area contributed by atoms with Crippen molar-refractivity contribution in [3.63, 3.8) is 0 Å². The van der Waals surface area contributed by atoms with Gasteiger partial charge in [0.1, 0.15) is 5.70 Å². The minimum atomic E-state index is -3.56. The maximum atomic E-state index is 12.6. The van der Waals surface area contributed by atoms with Gasteiger partial charge in [0.05, 0.1) is 36.6 Å². The van der Waals surface area contributed by atoms with Gasteiger partial charge in [0.25, 0.3) is 5.91 Å². The van der Waals surface area contributed by atoms with Crippen LogP contribution in [-0.2, 0) is 20.2 Å². The highest BCUT2D eigenvalue weighted by Crippen LogP contribution is 2.51. The molecule has 1 heterocycles. The summed E-state index contributed by atoms with van der Waals surface area (Å²) in [5.41, 5.74) is 10.1. The summed E-state index contributed by atoms with van der Waals surface area (Å²) in [6.07, 6.45) is 3.58. The topological polar surface area (TPSA) is 144 Å². The van der Waals surface area contributed by atoms with E-state index in [2.05, 4.69) is 33.2 Å². The molecular formula is C28H40N6O5S. The summed E-state index contributed by atoms with van der Waals surface area (Å²) in [5.74, 6) is 0.0549. The van der Waals surface area contributed by atoms with Crippen LogP contribution in [0.5, 0.6) is 5.75 Å². The molecule has 12 heteroatoms. The fourth-order valence-corrected chi connectivity index (χ4v) is 4.89. The van der Waals surface area contributed by atoms with Gasteiger partial charge in [0, 0.05) is 12.1 Å². The lowest BCUT2D eigenvalue weighted by atomic mass is 9.96. The van der Waals surface area contributed by atoms with Gasteiger partial charge in [-0.1, -0.05) is 39.8 Å². The predicted octanol–water partition coefficient (Wildman–Crippen LogP) is 3.36. The Morgan fingerprint density at radius 2 is 1.88 bits per heavy atom. The van der Waals surface area contributed by atoms with E-state index in [-0.39, 0.29) is 22.5 Å². The van der Waals surface area contributed by atoms with Crippen LogP contribution in [0.25, 0.3) is 0 Å². The lowest BCUT2D eigenvalue weighted by molar-refractivity contribution is -0.118. The fraction of sp³-hybridized carbons (Fsp3) is 0.464. The summed E-state index contributed by atoms with van der Waals surface area (Å²) in [4.78, 5) is 12.6. The number of carbonyl (C=O) groups is 1. The predicted molar refractivity (Wildman–Crippen MR) is 157 cm³/mol. The Morgan fingerprint density at radius 3 is 2.48 bits per heavy atom. The largest absolute Gasteiger partial charge is 0.492 e. The first kappa shape index (κ1) is 29.5. The van der Waals surface area contributed by atoms with Crippen LogP contribution in [0.2, 0.25) is 0 Å². The van der Waals surface area contributed by atoms with E-state index in [1.54, 1.807) is 23.3 Å². The maximum Gasteiger partial charge on any atom is 0.270 e. The van der Waals surface area contributed by atoms with Crippen LogP contribution in [0.15, 0.2) is 42.2 Å². The molecule has 1 aliphatic heterocycles. The molecule has 2 aromatic rings. The zero-order valence-electron chi connectivity index (χ0n) is 24.1. The molecule has 1 aliphatic carbocycles. The summed E-state index contributed by atoms with van der Waals surface area (Å²) in [6.45, 7) is 10.7. The van der Waals surface area contributed by atoms with Crippen LogP contribution in [-0.4, -0.2) is 39.3 Å². The third-order valence-electron chi connectivity index (χ3n) is 6.98. The molecular weight excluding hydrogens is 532 g/mol. The van der Waals surface area contributed by atoms with E-state index in [0.29, 0.717) is 29.2 Å². The Labute approximate surface area is 236 Å². The normalized spacial score (nSPS) is 17.0. The number of aryl methyl sites for hydroxylation is 1. The number of sulfonamides is 1. The van der Waals surface area contributed by atoms with Crippen molar-refractivity contribution in [1.82, 2.24) is 16.3 Å². The molecule has 40 heavy (non-hydrogen) atoms. The van der Waals surface area contributed by atoms with Gasteiger partial charge < -0.3 is 20.5 Å². The molecule has 0 saturated heterocycles. The molecule has 1 fully saturated rings. The van der Waals surface area contributed by atoms with Crippen molar-refractivity contribution < 1.29 is 23.1 Å². The van der Waals surface area contributed by atoms with Crippen molar-refractivity contribution in [2.45, 2.75) is 59.1 Å². The van der Waals surface area contributed by atoms with E-state index in [9.17, 15) is 18.3 Å². The number of hydrogen-bond donors (Lipinski definition) is 6. The van der Waals surface area contributed by atoms with Gasteiger partial charge in [-0.25, -0.2) is 8.42 Å². The van der Waals surface area contributed by atoms with Crippen LogP contribution in [0.1, 0.15) is 63.5 Å². The molecule has 11 nitrogen and oxygen atoms in total. The minimum Gasteiger partial charge on any atom is -0.492 e. The molecule has 4 rings (SSSR count). The summed E-state index contributed by atoms with van der Waals surface area (Å²) in [7, 11) is -2.11. The van der Waals surface area contributed by atoms with Gasteiger partial charge in [0.2, 0.25) is 10.0 Å². The van der Waals surface area contributed by atoms with Gasteiger partial charge in [-0.3, -0.25) is 20.0 Å². The second-order valence-corrected chi connectivity index (χ2v) is 13.8. The van der Waals surface area contributed by atoms with Crippen LogP contribution >= 0.6 is 0 Å². The van der Waals surface area contributed by atoms with Crippen molar-refractivity contribution in [3.8, 4) is 5.75 Å². The Hall–Kier alpha value is -3.48. The van der Waals surface area contributed by atoms with E-state index < -0.39 is 16.3 Å². The standard InChI is InChI=1S/C28H40N6O5S/c1-17-8-9-18(12-23(17)34-15-22(31-33-34)26(36)29-16-27(2,3)4)25(35)30-20-13-19(28(5)10-11-28)14-21(24(20)39-6)32-40(7,37)38/h8-9,12-15,25,30-33,35H,10-11,16H2,1-7H3,(H,29,36). The number of rotatable bonds is 10. The van der Waals surface area contributed by atoms with Gasteiger partial charge in [-0.05, 0) is 59.9 Å². The highest BCUT2D eigenvalue weighted by atomic mass is 32.2. The molecule has 1 amide bonds. The first-order valence-corrected chi connectivity index (χ1v) is 15.0. The Balaban J connectivity index is 1.59. The second-order valence-electron chi connectivity index (χ2n) is 12.0. The monoisotopic (exact) mass is 572 g/mol. The molecule has 0 spiro atoms. The van der Waals surface area contributed by atoms with E-state index >= 15 is 0 Å². The Kier molecular flexibility index (Phi) is 7.99. The Bertz CT molecular complexity index is 1430. The molecule has 2 aliphatic rings. The number of benzene rings is 2. The molecule has 0 radical (unpaired) electrons. The summed E-state index contributed by atoms with van der Waals surface area (Å²) in [6, 6.07) is 9.17. The zero-order chi connectivity index (χ0) is 29.5. The average Bonchev–Trinajstić information content (AvgIpc) is 3.41. The molecule has 2 aromatic carbocycles. The number of anilines is 3. The van der Waals surface area contributed by atoms with Gasteiger partial charge in [0.15, 0.2) is 12.0 Å². The smallest absolute Gasteiger partial charge is 0.270 e. The van der Waals surface area contributed by atoms with Crippen molar-refractivity contribution in [3.05, 3.63) is 58.9 Å². The molecule has 6 N–H and O–H groups in total. The van der Waals surface area contributed by atoms with Gasteiger partial charge >= 0.3 is 0 Å². The first-order valence-electron chi connectivity index (χ1n) is 13.1. The highest BCUT2D eigenvalue weighted by Gasteiger charge is 2.40. The number of hydrogen-bond acceptors (Lipinski definition) is 9. The third kappa shape index (κ3) is 6.98. The molecule has 0 bridgehead atoms. The highest BCUT2D eigenvalue weighted by molar-refractivity contribution is 7.92. The summed E-state index contributed by atoms with van der Waals surface area (Å²) < 4.78 is 32.2. The van der Waals surface area contributed by atoms with Gasteiger partial charge in [-0.15, -0.1) is 5.53 Å². The number of nitrogens with one attached hydrogen (secondary N) is 5. The lowest BCUT2D eigenvalue weighted by Crippen LogP contribution is -2.40. The van der Waals surface area contributed by atoms with Crippen molar-refractivity contribution >= 4 is 33.0 Å². The molecule has 1 atom stereocenters. The van der Waals surface area contributed by atoms with E-state index in [0.717, 1.165) is 35.9 Å². The maximum absolute atomic E-state index is 12.6. The number of ether oxygens (including phenoxy) is 1. The van der Waals surface area contributed by atoms with Crippen molar-refractivity contribution in [2.24, 2.45) is 5.41 Å². The number of methoxy groups -OCH3 is 1. The number of aliphatic hydroxyl groups excluding tert-OH is 1. The number of nitrogens with zero attached hydrogens (tertiary/aromatic N) is 1. The van der Waals surface area contributed by atoms with Crippen molar-refractivity contribution in [2.75, 3.05) is 35.0 Å². The zero-order valence-corrected chi connectivity index (χ0v) is 24.9. The SMILES string of the molecule is COc1c(NC(O)c2ccc(C)c(N3C=C(C(=O)NCC(C)(C)C)NN3)c2)cc(C2(C)CC2)cc1NS(C)(=O)=O. The van der Waals surface area contributed by atoms with E-state index in [4.69, 9.17) is 4.74 Å². The molecule has 0 aromatic heterocycles. The average molecular weight is 573 g/mol. The van der Waals surface area contributed by atoms with Crippen LogP contribution in [0.4, 0.5) is 17.1 Å². The number of amides is 1. The van der Waals surface area contributed by atoms with Gasteiger partial charge in [-0.2, -0.15) is 0 Å². The number of carbonyl (C=O) groups excluding carboxylic acids is 1. The molecule has 1 saturated carbocycles. The first-order chi connectivity index (χ1) is 18.6. The van der Waals surface area contributed by atoms with E-state index in [1.165, 1.54) is 7.11 Å². The molecule has 1 unspecified atom stereocenters. The number of hydrazine groups is 2. The van der Waals surface area contributed by atoms with Crippen LogP contribution in [0, 0.1) is 12.3 Å². The van der Waals surface area contributed by atoms with Crippen LogP contribution < -0.4 is 36.1 Å². The Morgan fingerprint density at radius 1 is 1.20 bits per heavy atom. The number of aliphatic hydroxyl groups is 1. The minimum absolute atomic E-state index is 0.0454. The quantitative estimate of drug-likeness (QED) is 0.236. The van der Waals surface area contributed by atoms with E-state index in [1.807, 2.05) is 45.9 Å².